The minimum atomic E-state index is -0.704. The van der Waals surface area contributed by atoms with Crippen molar-refractivity contribution < 1.29 is 19.2 Å². The van der Waals surface area contributed by atoms with Crippen LogP contribution in [-0.4, -0.2) is 22.8 Å². The molecule has 0 unspecified atom stereocenters. The smallest absolute Gasteiger partial charge is 0.325 e. The molecule has 1 aromatic rings. The molecule has 2 amide bonds. The number of hydroxylamine groups is 2. The van der Waals surface area contributed by atoms with Crippen LogP contribution in [0.15, 0.2) is 24.3 Å². The molecule has 1 heterocycles. The molecule has 2 rings (SSSR count). The van der Waals surface area contributed by atoms with Crippen LogP contribution >= 0.6 is 22.6 Å². The standard InChI is InChI=1S/C11H8INO4/c12-8-3-1-7(2-4-8)11(16)17-13-9(14)5-6-10(13)15/h1-4H,5-6H2/i12-4. The van der Waals surface area contributed by atoms with Crippen molar-refractivity contribution in [2.75, 3.05) is 0 Å². The van der Waals surface area contributed by atoms with E-state index < -0.39 is 17.8 Å². The monoisotopic (exact) mass is 341 g/mol. The van der Waals surface area contributed by atoms with E-state index in [-0.39, 0.29) is 12.8 Å². The molecule has 0 atom stereocenters. The number of hydrogen-bond donors (Lipinski definition) is 0. The highest BCUT2D eigenvalue weighted by Crippen LogP contribution is 2.14. The first kappa shape index (κ1) is 12.0. The van der Waals surface area contributed by atoms with Crippen LogP contribution in [0.4, 0.5) is 0 Å². The average molecular weight is 341 g/mol. The Kier molecular flexibility index (Phi) is 3.41. The lowest BCUT2D eigenvalue weighted by Crippen LogP contribution is -2.32. The number of rotatable bonds is 2. The number of imide groups is 1. The maximum Gasteiger partial charge on any atom is 0.363 e. The molecule has 1 saturated heterocycles. The molecule has 6 heteroatoms. The summed E-state index contributed by atoms with van der Waals surface area (Å²) in [7, 11) is 0. The predicted molar refractivity (Wildman–Crippen MR) is 65.7 cm³/mol. The van der Waals surface area contributed by atoms with Gasteiger partial charge in [-0.1, -0.05) is 0 Å². The van der Waals surface area contributed by atoms with Crippen LogP contribution < -0.4 is 0 Å². The van der Waals surface area contributed by atoms with Crippen molar-refractivity contribution in [2.24, 2.45) is 0 Å². The van der Waals surface area contributed by atoms with Gasteiger partial charge in [0, 0.05) is 16.4 Å². The second-order valence-electron chi connectivity index (χ2n) is 3.47. The van der Waals surface area contributed by atoms with Gasteiger partial charge in [0.05, 0.1) is 5.56 Å². The van der Waals surface area contributed by atoms with Crippen molar-refractivity contribution in [3.05, 3.63) is 33.4 Å². The topological polar surface area (TPSA) is 63.7 Å². The number of carbonyl (C=O) groups excluding carboxylic acids is 3. The van der Waals surface area contributed by atoms with Gasteiger partial charge in [0.25, 0.3) is 11.8 Å². The fourth-order valence-electron chi connectivity index (χ4n) is 1.38. The maximum absolute atomic E-state index is 11.6. The number of benzene rings is 1. The van der Waals surface area contributed by atoms with Gasteiger partial charge in [-0.25, -0.2) is 4.79 Å². The van der Waals surface area contributed by atoms with Crippen LogP contribution in [0.5, 0.6) is 0 Å². The third-order valence-corrected chi connectivity index (χ3v) is 2.98. The number of carbonyl (C=O) groups is 3. The van der Waals surface area contributed by atoms with Crippen LogP contribution in [0.1, 0.15) is 23.2 Å². The molecule has 1 aliphatic heterocycles. The number of amides is 2. The summed E-state index contributed by atoms with van der Waals surface area (Å²) in [5, 5.41) is 0.542. The first-order chi connectivity index (χ1) is 8.08. The molecule has 0 spiro atoms. The molecule has 0 aromatic heterocycles. The molecule has 5 nitrogen and oxygen atoms in total. The summed E-state index contributed by atoms with van der Waals surface area (Å²) in [5.41, 5.74) is 0.304. The third-order valence-electron chi connectivity index (χ3n) is 2.26. The van der Waals surface area contributed by atoms with E-state index in [1.807, 2.05) is 0 Å². The predicted octanol–water partition coefficient (Wildman–Crippen LogP) is 1.51. The van der Waals surface area contributed by atoms with Crippen molar-refractivity contribution in [1.29, 1.82) is 0 Å². The minimum Gasteiger partial charge on any atom is -0.325 e. The number of hydrogen-bond acceptors (Lipinski definition) is 4. The zero-order valence-corrected chi connectivity index (χ0v) is 10.8. The Labute approximate surface area is 111 Å². The SMILES string of the molecule is O=C(ON1C(=O)CCC1=O)c1ccc([123I])cc1. The second kappa shape index (κ2) is 4.82. The highest BCUT2D eigenvalue weighted by atomic mass is 123. The Morgan fingerprint density at radius 3 is 2.18 bits per heavy atom. The van der Waals surface area contributed by atoms with Gasteiger partial charge < -0.3 is 4.84 Å². The molecule has 0 bridgehead atoms. The Morgan fingerprint density at radius 2 is 1.65 bits per heavy atom. The van der Waals surface area contributed by atoms with E-state index in [0.29, 0.717) is 10.6 Å². The van der Waals surface area contributed by atoms with Gasteiger partial charge in [-0.15, -0.1) is 5.06 Å². The Bertz CT molecular complexity index is 467. The van der Waals surface area contributed by atoms with Gasteiger partial charge in [-0.2, -0.15) is 0 Å². The summed E-state index contributed by atoms with van der Waals surface area (Å²) in [6.07, 6.45) is 0.192. The van der Waals surface area contributed by atoms with Gasteiger partial charge in [0.15, 0.2) is 0 Å². The van der Waals surface area contributed by atoms with E-state index in [2.05, 4.69) is 22.6 Å². The molecule has 0 aliphatic carbocycles. The zero-order chi connectivity index (χ0) is 12.4. The third kappa shape index (κ3) is 2.63. The number of halogens is 1. The highest BCUT2D eigenvalue weighted by molar-refractivity contribution is 14.1. The van der Waals surface area contributed by atoms with Gasteiger partial charge in [0.1, 0.15) is 0 Å². The molecule has 0 radical (unpaired) electrons. The van der Waals surface area contributed by atoms with E-state index in [9.17, 15) is 14.4 Å². The lowest BCUT2D eigenvalue weighted by atomic mass is 10.2. The van der Waals surface area contributed by atoms with Gasteiger partial charge >= 0.3 is 5.97 Å². The molecule has 88 valence electrons. The summed E-state index contributed by atoms with van der Waals surface area (Å²) in [4.78, 5) is 38.9. The van der Waals surface area contributed by atoms with Crippen molar-refractivity contribution in [3.8, 4) is 0 Å². The maximum atomic E-state index is 11.6. The largest absolute Gasteiger partial charge is 0.363 e. The lowest BCUT2D eigenvalue weighted by Gasteiger charge is -2.12. The fraction of sp³-hybridized carbons (Fsp3) is 0.182. The summed E-state index contributed by atoms with van der Waals surface area (Å²) in [6, 6.07) is 6.64. The summed E-state index contributed by atoms with van der Waals surface area (Å²) in [6.45, 7) is 0. The van der Waals surface area contributed by atoms with E-state index >= 15 is 0 Å². The zero-order valence-electron chi connectivity index (χ0n) is 8.68. The molecule has 0 saturated carbocycles. The normalized spacial score (nSPS) is 15.2. The second-order valence-corrected chi connectivity index (χ2v) is 4.71. The molecular weight excluding hydrogens is 333 g/mol. The molecule has 1 aromatic carbocycles. The minimum absolute atomic E-state index is 0.0960. The number of nitrogens with zero attached hydrogens (tertiary/aromatic N) is 1. The molecule has 1 fully saturated rings. The summed E-state index contributed by atoms with van der Waals surface area (Å²) >= 11 is 2.11. The molecule has 1 aliphatic rings. The molecular formula is C11H8INO4. The van der Waals surface area contributed by atoms with Crippen LogP contribution in [0, 0.1) is 3.57 Å². The van der Waals surface area contributed by atoms with Crippen molar-refractivity contribution in [2.45, 2.75) is 12.8 Å². The van der Waals surface area contributed by atoms with Crippen LogP contribution in [0.3, 0.4) is 0 Å². The van der Waals surface area contributed by atoms with E-state index in [1.54, 1.807) is 24.3 Å². The van der Waals surface area contributed by atoms with Crippen molar-refractivity contribution in [1.82, 2.24) is 5.06 Å². The van der Waals surface area contributed by atoms with E-state index in [4.69, 9.17) is 4.84 Å². The highest BCUT2D eigenvalue weighted by Gasteiger charge is 2.33. The van der Waals surface area contributed by atoms with Gasteiger partial charge in [-0.3, -0.25) is 9.59 Å². The van der Waals surface area contributed by atoms with Gasteiger partial charge in [0.2, 0.25) is 0 Å². The average Bonchev–Trinajstić information content (AvgIpc) is 2.61. The molecule has 0 N–H and O–H groups in total. The van der Waals surface area contributed by atoms with E-state index in [1.165, 1.54) is 0 Å². The summed E-state index contributed by atoms with van der Waals surface area (Å²) in [5.74, 6) is -1.66. The molecule has 17 heavy (non-hydrogen) atoms. The Balaban J connectivity index is 2.09. The van der Waals surface area contributed by atoms with Crippen LogP contribution in [0.2, 0.25) is 0 Å². The first-order valence-electron chi connectivity index (χ1n) is 4.91. The summed E-state index contributed by atoms with van der Waals surface area (Å²) < 4.78 is 0.979. The van der Waals surface area contributed by atoms with E-state index in [0.717, 1.165) is 3.57 Å². The quantitative estimate of drug-likeness (QED) is 0.604. The van der Waals surface area contributed by atoms with Crippen molar-refractivity contribution in [3.63, 3.8) is 0 Å². The first-order valence-corrected chi connectivity index (χ1v) is 5.99. The fourth-order valence-corrected chi connectivity index (χ4v) is 1.74. The van der Waals surface area contributed by atoms with Crippen LogP contribution in [-0.2, 0) is 14.4 Å². The Morgan fingerprint density at radius 1 is 1.12 bits per heavy atom. The van der Waals surface area contributed by atoms with Crippen LogP contribution in [0.25, 0.3) is 0 Å². The lowest BCUT2D eigenvalue weighted by molar-refractivity contribution is -0.172. The van der Waals surface area contributed by atoms with Gasteiger partial charge in [-0.05, 0) is 46.9 Å². The Hall–Kier alpha value is -1.44. The van der Waals surface area contributed by atoms with Crippen molar-refractivity contribution >= 4 is 40.4 Å².